The average molecular weight is 423 g/mol. The van der Waals surface area contributed by atoms with Gasteiger partial charge in [-0.3, -0.25) is 9.59 Å². The number of aliphatic hydroxyl groups is 1. The number of nitrogens with two attached hydrogens (primary N) is 1. The molecule has 9 nitrogen and oxygen atoms in total. The van der Waals surface area contributed by atoms with Gasteiger partial charge in [-0.1, -0.05) is 26.0 Å². The maximum atomic E-state index is 12.3. The summed E-state index contributed by atoms with van der Waals surface area (Å²) in [5, 5.41) is 18.0. The molecule has 0 aliphatic carbocycles. The number of aliphatic hydroxyl groups excluding tert-OH is 1. The Morgan fingerprint density at radius 2 is 1.63 bits per heavy atom. The van der Waals surface area contributed by atoms with Crippen molar-refractivity contribution in [2.45, 2.75) is 65.3 Å². The first-order chi connectivity index (χ1) is 13.8. The number of ether oxygens (including phenoxy) is 1. The number of hydrogen-bond donors (Lipinski definition) is 5. The highest BCUT2D eigenvalue weighted by Gasteiger charge is 2.22. The van der Waals surface area contributed by atoms with Crippen LogP contribution < -0.4 is 21.7 Å². The van der Waals surface area contributed by atoms with E-state index in [0.29, 0.717) is 11.3 Å². The van der Waals surface area contributed by atoms with E-state index < -0.39 is 29.9 Å². The van der Waals surface area contributed by atoms with E-state index in [2.05, 4.69) is 16.0 Å². The van der Waals surface area contributed by atoms with Crippen LogP contribution in [-0.4, -0.2) is 47.2 Å². The molecule has 0 unspecified atom stereocenters. The minimum Gasteiger partial charge on any atom is -0.444 e. The largest absolute Gasteiger partial charge is 0.444 e. The Labute approximate surface area is 177 Å². The van der Waals surface area contributed by atoms with E-state index in [4.69, 9.17) is 10.5 Å². The molecule has 168 valence electrons. The van der Waals surface area contributed by atoms with Crippen LogP contribution in [0.5, 0.6) is 0 Å². The molecule has 3 amide bonds. The highest BCUT2D eigenvalue weighted by molar-refractivity contribution is 5.97. The monoisotopic (exact) mass is 422 g/mol. The van der Waals surface area contributed by atoms with Crippen molar-refractivity contribution >= 4 is 23.6 Å². The van der Waals surface area contributed by atoms with E-state index in [0.717, 1.165) is 0 Å². The lowest BCUT2D eigenvalue weighted by Crippen LogP contribution is -2.50. The van der Waals surface area contributed by atoms with Crippen molar-refractivity contribution in [2.75, 3.05) is 11.9 Å². The van der Waals surface area contributed by atoms with Crippen molar-refractivity contribution < 1.29 is 24.2 Å². The molecule has 0 aromatic heterocycles. The first kappa shape index (κ1) is 25.4. The van der Waals surface area contributed by atoms with Crippen molar-refractivity contribution in [1.29, 1.82) is 0 Å². The quantitative estimate of drug-likeness (QED) is 0.431. The minimum absolute atomic E-state index is 0.0141. The molecule has 0 spiro atoms. The lowest BCUT2D eigenvalue weighted by Gasteiger charge is -2.21. The molecule has 1 aromatic rings. The molecule has 0 fully saturated rings. The van der Waals surface area contributed by atoms with Gasteiger partial charge in [0.2, 0.25) is 11.8 Å². The molecule has 6 N–H and O–H groups in total. The molecule has 0 aliphatic heterocycles. The Balaban J connectivity index is 2.56. The second-order valence-electron chi connectivity index (χ2n) is 8.51. The summed E-state index contributed by atoms with van der Waals surface area (Å²) in [7, 11) is 0. The van der Waals surface area contributed by atoms with Gasteiger partial charge < -0.3 is 31.5 Å². The molecule has 30 heavy (non-hydrogen) atoms. The lowest BCUT2D eigenvalue weighted by molar-refractivity contribution is -0.127. The molecule has 0 radical (unpaired) electrons. The van der Waals surface area contributed by atoms with Crippen molar-refractivity contribution in [3.05, 3.63) is 29.8 Å². The minimum atomic E-state index is -0.932. The van der Waals surface area contributed by atoms with Crippen molar-refractivity contribution in [2.24, 2.45) is 11.7 Å². The lowest BCUT2D eigenvalue weighted by atomic mass is 10.0. The molecule has 3 atom stereocenters. The zero-order valence-electron chi connectivity index (χ0n) is 18.5. The van der Waals surface area contributed by atoms with Gasteiger partial charge >= 0.3 is 6.09 Å². The number of carbonyl (C=O) groups excluding carboxylic acids is 3. The number of benzene rings is 1. The first-order valence-electron chi connectivity index (χ1n) is 9.92. The summed E-state index contributed by atoms with van der Waals surface area (Å²) in [6.07, 6.45) is -1.54. The standard InChI is InChI=1S/C21H34N4O5/c1-12(2)17(22)19(28)24-13(3)18(27)25-15-9-7-14(8-10-15)16(26)11-23-20(29)30-21(4,5)6/h7-10,12-13,16-17,26H,11,22H2,1-6H3,(H,23,29)(H,24,28)(H,25,27)/t13-,16-,17-/m0/s1. The topological polar surface area (TPSA) is 143 Å². The van der Waals surface area contributed by atoms with Crippen LogP contribution in [-0.2, 0) is 14.3 Å². The third-order valence-electron chi connectivity index (χ3n) is 4.17. The summed E-state index contributed by atoms with van der Waals surface area (Å²) in [5.74, 6) is -0.813. The van der Waals surface area contributed by atoms with Crippen LogP contribution >= 0.6 is 0 Å². The molecule has 0 aliphatic rings. The van der Waals surface area contributed by atoms with Crippen LogP contribution in [0.2, 0.25) is 0 Å². The Morgan fingerprint density at radius 1 is 1.07 bits per heavy atom. The van der Waals surface area contributed by atoms with Gasteiger partial charge in [0.25, 0.3) is 0 Å². The fraction of sp³-hybridized carbons (Fsp3) is 0.571. The van der Waals surface area contributed by atoms with Gasteiger partial charge in [-0.05, 0) is 51.3 Å². The second-order valence-corrected chi connectivity index (χ2v) is 8.51. The predicted molar refractivity (Wildman–Crippen MR) is 115 cm³/mol. The third-order valence-corrected chi connectivity index (χ3v) is 4.17. The van der Waals surface area contributed by atoms with E-state index in [1.54, 1.807) is 52.0 Å². The highest BCUT2D eigenvalue weighted by Crippen LogP contribution is 2.16. The molecule has 1 rings (SSSR count). The average Bonchev–Trinajstić information content (AvgIpc) is 2.64. The normalized spacial score (nSPS) is 14.4. The van der Waals surface area contributed by atoms with Crippen LogP contribution in [0.25, 0.3) is 0 Å². The number of nitrogens with one attached hydrogen (secondary N) is 3. The number of rotatable bonds is 8. The van der Waals surface area contributed by atoms with Crippen molar-refractivity contribution in [3.8, 4) is 0 Å². The maximum Gasteiger partial charge on any atom is 0.407 e. The third kappa shape index (κ3) is 8.79. The summed E-state index contributed by atoms with van der Waals surface area (Å²) >= 11 is 0. The van der Waals surface area contributed by atoms with Crippen molar-refractivity contribution in [1.82, 2.24) is 10.6 Å². The molecular formula is C21H34N4O5. The molecular weight excluding hydrogens is 388 g/mol. The highest BCUT2D eigenvalue weighted by atomic mass is 16.6. The molecule has 0 bridgehead atoms. The van der Waals surface area contributed by atoms with Gasteiger partial charge in [0.05, 0.1) is 18.7 Å². The summed E-state index contributed by atoms with van der Waals surface area (Å²) in [5.41, 5.74) is 6.23. The fourth-order valence-electron chi connectivity index (χ4n) is 2.33. The van der Waals surface area contributed by atoms with Crippen LogP contribution in [0.3, 0.4) is 0 Å². The summed E-state index contributed by atoms with van der Waals surface area (Å²) < 4.78 is 5.12. The van der Waals surface area contributed by atoms with Gasteiger partial charge in [-0.25, -0.2) is 4.79 Å². The fourth-order valence-corrected chi connectivity index (χ4v) is 2.33. The van der Waals surface area contributed by atoms with Crippen LogP contribution in [0, 0.1) is 5.92 Å². The van der Waals surface area contributed by atoms with Crippen molar-refractivity contribution in [3.63, 3.8) is 0 Å². The molecule has 0 heterocycles. The van der Waals surface area contributed by atoms with E-state index >= 15 is 0 Å². The second kappa shape index (κ2) is 10.9. The molecule has 0 saturated carbocycles. The van der Waals surface area contributed by atoms with E-state index in [9.17, 15) is 19.5 Å². The SMILES string of the molecule is CC(C)[C@H](N)C(=O)N[C@@H](C)C(=O)Nc1ccc([C@@H](O)CNC(=O)OC(C)(C)C)cc1. The number of anilines is 1. The number of alkyl carbamates (subject to hydrolysis) is 1. The summed E-state index contributed by atoms with van der Waals surface area (Å²) in [4.78, 5) is 35.9. The Hall–Kier alpha value is -2.65. The Morgan fingerprint density at radius 3 is 2.13 bits per heavy atom. The van der Waals surface area contributed by atoms with Gasteiger partial charge in [0.1, 0.15) is 11.6 Å². The summed E-state index contributed by atoms with van der Waals surface area (Å²) in [6, 6.07) is 5.07. The number of carbonyl (C=O) groups is 3. The molecule has 0 saturated heterocycles. The zero-order chi connectivity index (χ0) is 23.1. The number of hydrogen-bond acceptors (Lipinski definition) is 6. The summed E-state index contributed by atoms with van der Waals surface area (Å²) in [6.45, 7) is 10.5. The Kier molecular flexibility index (Phi) is 9.25. The maximum absolute atomic E-state index is 12.3. The van der Waals surface area contributed by atoms with Crippen LogP contribution in [0.1, 0.15) is 53.2 Å². The predicted octanol–water partition coefficient (Wildman–Crippen LogP) is 1.67. The van der Waals surface area contributed by atoms with Gasteiger partial charge in [-0.2, -0.15) is 0 Å². The number of amides is 3. The van der Waals surface area contributed by atoms with Gasteiger partial charge in [0.15, 0.2) is 0 Å². The van der Waals surface area contributed by atoms with Crippen LogP contribution in [0.4, 0.5) is 10.5 Å². The van der Waals surface area contributed by atoms with Gasteiger partial charge in [0, 0.05) is 5.69 Å². The van der Waals surface area contributed by atoms with E-state index in [-0.39, 0.29) is 24.3 Å². The molecule has 9 heteroatoms. The van der Waals surface area contributed by atoms with Crippen LogP contribution in [0.15, 0.2) is 24.3 Å². The smallest absolute Gasteiger partial charge is 0.407 e. The van der Waals surface area contributed by atoms with E-state index in [1.165, 1.54) is 0 Å². The first-order valence-corrected chi connectivity index (χ1v) is 9.92. The van der Waals surface area contributed by atoms with E-state index in [1.807, 2.05) is 13.8 Å². The Bertz CT molecular complexity index is 728. The zero-order valence-corrected chi connectivity index (χ0v) is 18.5. The molecule has 1 aromatic carbocycles. The van der Waals surface area contributed by atoms with Gasteiger partial charge in [-0.15, -0.1) is 0 Å².